The number of amides is 1. The van der Waals surface area contributed by atoms with Crippen LogP contribution in [0.1, 0.15) is 18.9 Å². The van der Waals surface area contributed by atoms with Crippen molar-refractivity contribution in [1.29, 1.82) is 0 Å². The number of rotatable bonds is 4. The largest absolute Gasteiger partial charge is 0.392 e. The van der Waals surface area contributed by atoms with Crippen LogP contribution in [0.2, 0.25) is 0 Å². The fourth-order valence-corrected chi connectivity index (χ4v) is 1.68. The van der Waals surface area contributed by atoms with Crippen molar-refractivity contribution in [1.82, 2.24) is 5.32 Å². The highest BCUT2D eigenvalue weighted by Gasteiger charge is 2.28. The van der Waals surface area contributed by atoms with E-state index < -0.39 is 12.2 Å². The highest BCUT2D eigenvalue weighted by molar-refractivity contribution is 6.04. The second kappa shape index (κ2) is 5.64. The summed E-state index contributed by atoms with van der Waals surface area (Å²) in [5, 5.41) is 15.6. The molecule has 0 bridgehead atoms. The summed E-state index contributed by atoms with van der Waals surface area (Å²) in [7, 11) is 0. The van der Waals surface area contributed by atoms with Gasteiger partial charge in [0.1, 0.15) is 0 Å². The van der Waals surface area contributed by atoms with E-state index in [0.29, 0.717) is 6.42 Å². The van der Waals surface area contributed by atoms with Gasteiger partial charge in [0.25, 0.3) is 5.91 Å². The fourth-order valence-electron chi connectivity index (χ4n) is 1.68. The zero-order valence-corrected chi connectivity index (χ0v) is 10.2. The average molecular weight is 248 g/mol. The molecule has 0 aromatic heterocycles. The number of oxime groups is 1. The van der Waals surface area contributed by atoms with E-state index in [0.717, 1.165) is 11.3 Å². The van der Waals surface area contributed by atoms with E-state index in [2.05, 4.69) is 10.5 Å². The lowest BCUT2D eigenvalue weighted by Crippen LogP contribution is -2.38. The molecule has 5 heteroatoms. The van der Waals surface area contributed by atoms with E-state index in [4.69, 9.17) is 9.94 Å². The molecule has 2 atom stereocenters. The van der Waals surface area contributed by atoms with Crippen molar-refractivity contribution in [2.75, 3.05) is 6.54 Å². The Balaban J connectivity index is 1.89. The first-order chi connectivity index (χ1) is 8.66. The second-order valence-corrected chi connectivity index (χ2v) is 4.30. The van der Waals surface area contributed by atoms with Crippen molar-refractivity contribution in [3.8, 4) is 0 Å². The van der Waals surface area contributed by atoms with Crippen LogP contribution in [-0.2, 0) is 9.63 Å². The summed E-state index contributed by atoms with van der Waals surface area (Å²) in [6.07, 6.45) is -0.709. The van der Waals surface area contributed by atoms with Crippen molar-refractivity contribution >= 4 is 11.6 Å². The minimum absolute atomic E-state index is 0.222. The summed E-state index contributed by atoms with van der Waals surface area (Å²) in [5.41, 5.74) is 1.73. The van der Waals surface area contributed by atoms with E-state index in [9.17, 15) is 4.79 Å². The van der Waals surface area contributed by atoms with Crippen LogP contribution in [0.15, 0.2) is 35.5 Å². The lowest BCUT2D eigenvalue weighted by Gasteiger charge is -2.10. The van der Waals surface area contributed by atoms with E-state index in [-0.39, 0.29) is 12.5 Å². The second-order valence-electron chi connectivity index (χ2n) is 4.30. The van der Waals surface area contributed by atoms with Gasteiger partial charge in [0.15, 0.2) is 0 Å². The molecule has 96 valence electrons. The third-order valence-electron chi connectivity index (χ3n) is 2.64. The standard InChI is InChI=1S/C13H16N2O3/c1-9(16)8-14-13(17)12-7-11(15-18-12)10-5-3-2-4-6-10/h2-6,9,12,16H,7-8H2,1H3,(H,14,17)/t9-,12?/m1/s1. The molecule has 1 aromatic rings. The molecule has 2 N–H and O–H groups in total. The molecule has 2 rings (SSSR count). The van der Waals surface area contributed by atoms with Crippen LogP contribution >= 0.6 is 0 Å². The van der Waals surface area contributed by atoms with Gasteiger partial charge in [-0.25, -0.2) is 0 Å². The van der Waals surface area contributed by atoms with Crippen LogP contribution in [0.25, 0.3) is 0 Å². The van der Waals surface area contributed by atoms with Crippen LogP contribution in [0, 0.1) is 0 Å². The summed E-state index contributed by atoms with van der Waals surface area (Å²) in [6, 6.07) is 9.61. The Morgan fingerprint density at radius 2 is 2.28 bits per heavy atom. The maximum absolute atomic E-state index is 11.7. The number of nitrogens with one attached hydrogen (secondary N) is 1. The van der Waals surface area contributed by atoms with Gasteiger partial charge in [-0.1, -0.05) is 35.5 Å². The molecule has 0 spiro atoms. The predicted molar refractivity (Wildman–Crippen MR) is 67.2 cm³/mol. The van der Waals surface area contributed by atoms with Gasteiger partial charge in [-0.05, 0) is 12.5 Å². The normalized spacial score (nSPS) is 19.9. The first kappa shape index (κ1) is 12.6. The maximum Gasteiger partial charge on any atom is 0.264 e. The van der Waals surface area contributed by atoms with Crippen molar-refractivity contribution < 1.29 is 14.7 Å². The smallest absolute Gasteiger partial charge is 0.264 e. The monoisotopic (exact) mass is 248 g/mol. The number of carbonyl (C=O) groups is 1. The molecule has 1 unspecified atom stereocenters. The molecule has 1 aromatic carbocycles. The summed E-state index contributed by atoms with van der Waals surface area (Å²) >= 11 is 0. The summed E-state index contributed by atoms with van der Waals surface area (Å²) in [5.74, 6) is -0.245. The molecule has 1 aliphatic rings. The van der Waals surface area contributed by atoms with E-state index >= 15 is 0 Å². The third-order valence-corrected chi connectivity index (χ3v) is 2.64. The summed E-state index contributed by atoms with van der Waals surface area (Å²) in [4.78, 5) is 16.8. The topological polar surface area (TPSA) is 70.9 Å². The van der Waals surface area contributed by atoms with Gasteiger partial charge in [0.2, 0.25) is 6.10 Å². The van der Waals surface area contributed by atoms with Crippen molar-refractivity contribution in [3.63, 3.8) is 0 Å². The zero-order chi connectivity index (χ0) is 13.0. The molecular formula is C13H16N2O3. The fraction of sp³-hybridized carbons (Fsp3) is 0.385. The summed E-state index contributed by atoms with van der Waals surface area (Å²) < 4.78 is 0. The third kappa shape index (κ3) is 3.07. The minimum atomic E-state index is -0.598. The van der Waals surface area contributed by atoms with Gasteiger partial charge in [-0.3, -0.25) is 4.79 Å². The SMILES string of the molecule is C[C@@H](O)CNC(=O)C1CC(c2ccccc2)=NO1. The van der Waals surface area contributed by atoms with Crippen molar-refractivity contribution in [2.24, 2.45) is 5.16 Å². The minimum Gasteiger partial charge on any atom is -0.392 e. The Kier molecular flexibility index (Phi) is 3.94. The lowest BCUT2D eigenvalue weighted by molar-refractivity contribution is -0.131. The van der Waals surface area contributed by atoms with Crippen LogP contribution < -0.4 is 5.32 Å². The Morgan fingerprint density at radius 1 is 1.56 bits per heavy atom. The maximum atomic E-state index is 11.7. The van der Waals surface area contributed by atoms with E-state index in [1.54, 1.807) is 6.92 Å². The van der Waals surface area contributed by atoms with Gasteiger partial charge in [-0.15, -0.1) is 0 Å². The molecular weight excluding hydrogens is 232 g/mol. The molecule has 18 heavy (non-hydrogen) atoms. The van der Waals surface area contributed by atoms with Crippen molar-refractivity contribution in [2.45, 2.75) is 25.6 Å². The molecule has 5 nitrogen and oxygen atoms in total. The number of aliphatic hydroxyl groups is 1. The van der Waals surface area contributed by atoms with Crippen LogP contribution in [0.4, 0.5) is 0 Å². The van der Waals surface area contributed by atoms with Crippen LogP contribution in [-0.4, -0.2) is 35.5 Å². The predicted octanol–water partition coefficient (Wildman–Crippen LogP) is 0.677. The number of hydrogen-bond donors (Lipinski definition) is 2. The zero-order valence-electron chi connectivity index (χ0n) is 10.2. The molecule has 0 aliphatic carbocycles. The Morgan fingerprint density at radius 3 is 2.94 bits per heavy atom. The molecule has 0 saturated heterocycles. The van der Waals surface area contributed by atoms with Gasteiger partial charge < -0.3 is 15.3 Å². The number of aliphatic hydroxyl groups excluding tert-OH is 1. The van der Waals surface area contributed by atoms with E-state index in [1.165, 1.54) is 0 Å². The molecule has 1 aliphatic heterocycles. The average Bonchev–Trinajstić information content (AvgIpc) is 2.86. The number of benzene rings is 1. The highest BCUT2D eigenvalue weighted by Crippen LogP contribution is 2.16. The molecule has 0 radical (unpaired) electrons. The van der Waals surface area contributed by atoms with Gasteiger partial charge in [-0.2, -0.15) is 0 Å². The van der Waals surface area contributed by atoms with Gasteiger partial charge in [0, 0.05) is 13.0 Å². The van der Waals surface area contributed by atoms with Crippen LogP contribution in [0.3, 0.4) is 0 Å². The number of carbonyl (C=O) groups excluding carboxylic acids is 1. The Bertz CT molecular complexity index is 443. The lowest BCUT2D eigenvalue weighted by atomic mass is 10.0. The quantitative estimate of drug-likeness (QED) is 0.823. The first-order valence-corrected chi connectivity index (χ1v) is 5.90. The molecule has 1 heterocycles. The molecule has 1 amide bonds. The molecule has 0 saturated carbocycles. The summed E-state index contributed by atoms with van der Waals surface area (Å²) in [6.45, 7) is 1.83. The first-order valence-electron chi connectivity index (χ1n) is 5.90. The Labute approximate surface area is 105 Å². The molecule has 0 fully saturated rings. The number of hydrogen-bond acceptors (Lipinski definition) is 4. The van der Waals surface area contributed by atoms with Crippen molar-refractivity contribution in [3.05, 3.63) is 35.9 Å². The van der Waals surface area contributed by atoms with E-state index in [1.807, 2.05) is 30.3 Å². The number of nitrogens with zero attached hydrogens (tertiary/aromatic N) is 1. The van der Waals surface area contributed by atoms with Gasteiger partial charge >= 0.3 is 0 Å². The Hall–Kier alpha value is -1.88. The van der Waals surface area contributed by atoms with Gasteiger partial charge in [0.05, 0.1) is 11.8 Å². The highest BCUT2D eigenvalue weighted by atomic mass is 16.6. The van der Waals surface area contributed by atoms with Crippen LogP contribution in [0.5, 0.6) is 0 Å².